The summed E-state index contributed by atoms with van der Waals surface area (Å²) in [7, 11) is 2.64. The highest BCUT2D eigenvalue weighted by atomic mass is 32.1. The molecular weight excluding hydrogens is 222 g/mol. The molecule has 0 N–H and O–H groups in total. The number of ether oxygens (including phenoxy) is 2. The first-order valence-corrected chi connectivity index (χ1v) is 4.77. The predicted molar refractivity (Wildman–Crippen MR) is 52.9 cm³/mol. The molecule has 1 aromatic rings. The van der Waals surface area contributed by atoms with Gasteiger partial charge in [-0.2, -0.15) is 0 Å². The summed E-state index contributed by atoms with van der Waals surface area (Å²) in [5, 5.41) is 10.3. The van der Waals surface area contributed by atoms with Gasteiger partial charge in [0.25, 0.3) is 0 Å². The van der Waals surface area contributed by atoms with E-state index in [9.17, 15) is 14.9 Å². The molecule has 0 saturated heterocycles. The summed E-state index contributed by atoms with van der Waals surface area (Å²) < 4.78 is 9.44. The van der Waals surface area contributed by atoms with Crippen molar-refractivity contribution in [2.24, 2.45) is 0 Å². The molecule has 0 spiro atoms. The highest BCUT2D eigenvalue weighted by Gasteiger charge is 2.19. The minimum atomic E-state index is -0.550. The summed E-state index contributed by atoms with van der Waals surface area (Å²) in [6, 6.07) is 1.47. The third-order valence-electron chi connectivity index (χ3n) is 1.62. The van der Waals surface area contributed by atoms with Gasteiger partial charge in [0.1, 0.15) is 5.75 Å². The van der Waals surface area contributed by atoms with Crippen LogP contribution < -0.4 is 4.74 Å². The molecule has 0 atom stereocenters. The molecule has 0 bridgehead atoms. The Balaban J connectivity index is 3.00. The number of esters is 1. The van der Waals surface area contributed by atoms with Gasteiger partial charge < -0.3 is 9.47 Å². The lowest BCUT2D eigenvalue weighted by Gasteiger charge is -1.98. The van der Waals surface area contributed by atoms with E-state index >= 15 is 0 Å². The zero-order chi connectivity index (χ0) is 11.4. The van der Waals surface area contributed by atoms with E-state index in [1.165, 1.54) is 20.3 Å². The molecule has 0 radical (unpaired) electrons. The topological polar surface area (TPSA) is 78.7 Å². The molecule has 0 aliphatic heterocycles. The van der Waals surface area contributed by atoms with Crippen LogP contribution in [0, 0.1) is 10.1 Å². The van der Waals surface area contributed by atoms with E-state index in [1.54, 1.807) is 0 Å². The van der Waals surface area contributed by atoms with Crippen LogP contribution in [0.2, 0.25) is 0 Å². The third-order valence-corrected chi connectivity index (χ3v) is 2.71. The first kappa shape index (κ1) is 11.4. The Morgan fingerprint density at radius 2 is 2.27 bits per heavy atom. The maximum Gasteiger partial charge on any atom is 0.351 e. The highest BCUT2D eigenvalue weighted by molar-refractivity contribution is 7.14. The first-order valence-electron chi connectivity index (χ1n) is 3.95. The van der Waals surface area contributed by atoms with Gasteiger partial charge in [0, 0.05) is 11.0 Å². The Hall–Kier alpha value is -1.63. The number of thiophene rings is 1. The average Bonchev–Trinajstić information content (AvgIpc) is 2.58. The maximum atomic E-state index is 11.2. The minimum Gasteiger partial charge on any atom is -0.495 e. The maximum absolute atomic E-state index is 11.2. The van der Waals surface area contributed by atoms with E-state index in [0.29, 0.717) is 10.6 Å². The first-order chi connectivity index (χ1) is 7.08. The normalized spacial score (nSPS) is 9.73. The number of hydrogen-bond donors (Lipinski definition) is 0. The zero-order valence-electron chi connectivity index (χ0n) is 8.18. The molecule has 1 rings (SSSR count). The van der Waals surface area contributed by atoms with E-state index in [1.807, 2.05) is 0 Å². The van der Waals surface area contributed by atoms with E-state index in [0.717, 1.165) is 11.3 Å². The fourth-order valence-corrected chi connectivity index (χ4v) is 2.02. The van der Waals surface area contributed by atoms with Crippen LogP contribution in [-0.4, -0.2) is 25.1 Å². The lowest BCUT2D eigenvalue weighted by Crippen LogP contribution is -1.99. The molecular formula is C8H9NO5S. The van der Waals surface area contributed by atoms with Crippen molar-refractivity contribution in [2.75, 3.05) is 14.2 Å². The van der Waals surface area contributed by atoms with Gasteiger partial charge in [0.05, 0.1) is 19.1 Å². The van der Waals surface area contributed by atoms with Gasteiger partial charge in [-0.05, 0) is 0 Å². The van der Waals surface area contributed by atoms with Crippen molar-refractivity contribution in [1.82, 2.24) is 0 Å². The number of rotatable bonds is 4. The Labute approximate surface area is 89.6 Å². The van der Waals surface area contributed by atoms with Crippen molar-refractivity contribution >= 4 is 17.3 Å². The lowest BCUT2D eigenvalue weighted by atomic mass is 10.4. The van der Waals surface area contributed by atoms with Crippen LogP contribution in [0.3, 0.4) is 0 Å². The number of hydrogen-bond acceptors (Lipinski definition) is 6. The molecule has 15 heavy (non-hydrogen) atoms. The van der Waals surface area contributed by atoms with Gasteiger partial charge in [-0.1, -0.05) is 0 Å². The molecule has 1 heterocycles. The number of carbonyl (C=O) groups excluding carboxylic acids is 1. The molecule has 6 nitrogen and oxygen atoms in total. The van der Waals surface area contributed by atoms with E-state index < -0.39 is 10.9 Å². The summed E-state index contributed by atoms with van der Waals surface area (Å²) in [5.41, 5.74) is 0. The molecule has 1 aromatic heterocycles. The van der Waals surface area contributed by atoms with E-state index in [4.69, 9.17) is 4.74 Å². The van der Waals surface area contributed by atoms with Crippen molar-refractivity contribution in [3.05, 3.63) is 25.9 Å². The van der Waals surface area contributed by atoms with Crippen molar-refractivity contribution < 1.29 is 19.2 Å². The van der Waals surface area contributed by atoms with Crippen LogP contribution in [0.1, 0.15) is 14.5 Å². The molecule has 7 heteroatoms. The standard InChI is InChI=1S/C8H9NO5S/c1-13-6-3-5(4-9(11)12)15-7(6)8(10)14-2/h3H,4H2,1-2H3. The third kappa shape index (κ3) is 2.66. The Bertz CT molecular complexity index is 386. The molecule has 0 aliphatic rings. The molecule has 82 valence electrons. The SMILES string of the molecule is COC(=O)c1sc(C[N+](=O)[O-])cc1OC. The zero-order valence-corrected chi connectivity index (χ0v) is 9.00. The van der Waals surface area contributed by atoms with Crippen LogP contribution in [-0.2, 0) is 11.3 Å². The Morgan fingerprint density at radius 3 is 2.73 bits per heavy atom. The molecule has 0 fully saturated rings. The summed E-state index contributed by atoms with van der Waals surface area (Å²) in [6.07, 6.45) is 0. The Kier molecular flexibility index (Phi) is 3.62. The molecule has 0 unspecified atom stereocenters. The van der Waals surface area contributed by atoms with Gasteiger partial charge in [-0.15, -0.1) is 11.3 Å². The van der Waals surface area contributed by atoms with Crippen LogP contribution >= 0.6 is 11.3 Å². The summed E-state index contributed by atoms with van der Waals surface area (Å²) in [6.45, 7) is -0.321. The second kappa shape index (κ2) is 4.74. The monoisotopic (exact) mass is 231 g/mol. The number of carbonyl (C=O) groups is 1. The van der Waals surface area contributed by atoms with E-state index in [-0.39, 0.29) is 11.4 Å². The average molecular weight is 231 g/mol. The van der Waals surface area contributed by atoms with Crippen LogP contribution in [0.5, 0.6) is 5.75 Å². The lowest BCUT2D eigenvalue weighted by molar-refractivity contribution is -0.496. The Morgan fingerprint density at radius 1 is 1.60 bits per heavy atom. The van der Waals surface area contributed by atoms with Gasteiger partial charge in [-0.25, -0.2) is 4.79 Å². The van der Waals surface area contributed by atoms with Crippen LogP contribution in [0.4, 0.5) is 0 Å². The largest absolute Gasteiger partial charge is 0.495 e. The van der Waals surface area contributed by atoms with Gasteiger partial charge in [0.15, 0.2) is 4.88 Å². The number of methoxy groups -OCH3 is 2. The summed E-state index contributed by atoms with van der Waals surface area (Å²) >= 11 is 1.00. The van der Waals surface area contributed by atoms with Crippen LogP contribution in [0.25, 0.3) is 0 Å². The van der Waals surface area contributed by atoms with Gasteiger partial charge in [0.2, 0.25) is 6.54 Å². The summed E-state index contributed by atoms with van der Waals surface area (Å²) in [5.74, 6) is -0.241. The van der Waals surface area contributed by atoms with Crippen molar-refractivity contribution in [2.45, 2.75) is 6.54 Å². The number of nitrogens with zero attached hydrogens (tertiary/aromatic N) is 1. The number of nitro groups is 1. The fraction of sp³-hybridized carbons (Fsp3) is 0.375. The minimum absolute atomic E-state index is 0.247. The molecule has 0 saturated carbocycles. The molecule has 0 aliphatic carbocycles. The second-order valence-corrected chi connectivity index (χ2v) is 3.73. The highest BCUT2D eigenvalue weighted by Crippen LogP contribution is 2.30. The molecule has 0 amide bonds. The van der Waals surface area contributed by atoms with Crippen LogP contribution in [0.15, 0.2) is 6.07 Å². The van der Waals surface area contributed by atoms with Crippen molar-refractivity contribution in [3.8, 4) is 5.75 Å². The van der Waals surface area contributed by atoms with Gasteiger partial charge in [-0.3, -0.25) is 10.1 Å². The molecule has 0 aromatic carbocycles. The fourth-order valence-electron chi connectivity index (χ4n) is 1.01. The predicted octanol–water partition coefficient (Wildman–Crippen LogP) is 1.32. The second-order valence-electron chi connectivity index (χ2n) is 2.59. The van der Waals surface area contributed by atoms with Gasteiger partial charge >= 0.3 is 5.97 Å². The quantitative estimate of drug-likeness (QED) is 0.443. The smallest absolute Gasteiger partial charge is 0.351 e. The van der Waals surface area contributed by atoms with E-state index in [2.05, 4.69) is 4.74 Å². The van der Waals surface area contributed by atoms with Crippen molar-refractivity contribution in [3.63, 3.8) is 0 Å². The summed E-state index contributed by atoms with van der Waals surface area (Å²) in [4.78, 5) is 21.7. The van der Waals surface area contributed by atoms with Crippen molar-refractivity contribution in [1.29, 1.82) is 0 Å².